The molecule has 2 aromatic heterocycles. The van der Waals surface area contributed by atoms with Crippen molar-refractivity contribution >= 4 is 29.0 Å². The minimum atomic E-state index is -0.547. The molecule has 9 nitrogen and oxygen atoms in total. The summed E-state index contributed by atoms with van der Waals surface area (Å²) in [7, 11) is 5.42. The van der Waals surface area contributed by atoms with Crippen LogP contribution in [0.15, 0.2) is 38.9 Å². The highest BCUT2D eigenvalue weighted by atomic mass is 35.5. The molecule has 0 aliphatic heterocycles. The summed E-state index contributed by atoms with van der Waals surface area (Å²) in [6.07, 6.45) is 9.08. The smallest absolute Gasteiger partial charge is 0.336 e. The molecule has 1 unspecified atom stereocenters. The van der Waals surface area contributed by atoms with Crippen LogP contribution in [0.3, 0.4) is 0 Å². The molecular formula is C20H26ClN5O4. The van der Waals surface area contributed by atoms with Crippen molar-refractivity contribution < 1.29 is 9.84 Å². The number of aromatic nitrogens is 4. The molecule has 0 spiro atoms. The Kier molecular flexibility index (Phi) is 6.96. The largest absolute Gasteiger partial charge is 0.463 e. The third-order valence-corrected chi connectivity index (χ3v) is 5.12. The highest BCUT2D eigenvalue weighted by Crippen LogP contribution is 2.25. The summed E-state index contributed by atoms with van der Waals surface area (Å²) < 4.78 is 9.88. The van der Waals surface area contributed by atoms with Crippen molar-refractivity contribution in [3.8, 4) is 6.01 Å². The summed E-state index contributed by atoms with van der Waals surface area (Å²) >= 11 is 6.03. The summed E-state index contributed by atoms with van der Waals surface area (Å²) in [5.41, 5.74) is -0.532. The number of rotatable bonds is 8. The van der Waals surface area contributed by atoms with Gasteiger partial charge in [-0.3, -0.25) is 13.9 Å². The number of hydrogen-bond acceptors (Lipinski definition) is 6. The summed E-state index contributed by atoms with van der Waals surface area (Å²) in [6.45, 7) is 1.22. The van der Waals surface area contributed by atoms with Gasteiger partial charge in [-0.2, -0.15) is 4.98 Å². The number of likely N-dealkylation sites (N-methyl/N-ethyl adjacent to an activating group) is 1. The molecule has 3 rings (SSSR count). The molecule has 1 aliphatic rings. The van der Waals surface area contributed by atoms with Crippen molar-refractivity contribution in [2.45, 2.75) is 13.0 Å². The average Bonchev–Trinajstić information content (AvgIpc) is 3.06. The molecule has 0 saturated heterocycles. The number of hydrogen-bond donors (Lipinski definition) is 1. The van der Waals surface area contributed by atoms with E-state index in [0.29, 0.717) is 24.7 Å². The first-order valence-corrected chi connectivity index (χ1v) is 10.0. The number of fused-ring (bicyclic) bond motifs is 1. The topological polar surface area (TPSA) is 94.5 Å². The highest BCUT2D eigenvalue weighted by molar-refractivity contribution is 6.31. The Bertz CT molecular complexity index is 1120. The standard InChI is InChI=1S/C20H26ClN5O4/c1-23(2)10-12-30-19-22-17-16(26(19)13-14-5-7-15(21)8-6-14)18(28)25(9-4-11-27)20(29)24(17)3/h4-5,7-9,14,27H,6,10-13H2,1-3H3/b9-4+. The fraction of sp³-hybridized carbons (Fsp3) is 0.450. The maximum atomic E-state index is 13.2. The van der Waals surface area contributed by atoms with Gasteiger partial charge >= 0.3 is 5.69 Å². The first-order valence-electron chi connectivity index (χ1n) is 9.64. The lowest BCUT2D eigenvalue weighted by atomic mass is 10.0. The molecule has 10 heteroatoms. The van der Waals surface area contributed by atoms with Gasteiger partial charge in [0.15, 0.2) is 11.2 Å². The zero-order valence-electron chi connectivity index (χ0n) is 17.3. The van der Waals surface area contributed by atoms with E-state index in [9.17, 15) is 9.59 Å². The van der Waals surface area contributed by atoms with Gasteiger partial charge in [0, 0.05) is 31.4 Å². The van der Waals surface area contributed by atoms with E-state index in [1.165, 1.54) is 16.8 Å². The molecule has 0 amide bonds. The molecule has 1 atom stereocenters. The predicted molar refractivity (Wildman–Crippen MR) is 117 cm³/mol. The van der Waals surface area contributed by atoms with E-state index in [-0.39, 0.29) is 29.7 Å². The van der Waals surface area contributed by atoms with Crippen LogP contribution in [0.5, 0.6) is 6.01 Å². The Hall–Kier alpha value is -2.62. The number of nitrogens with zero attached hydrogens (tertiary/aromatic N) is 5. The van der Waals surface area contributed by atoms with Crippen LogP contribution in [0.2, 0.25) is 0 Å². The molecule has 0 fully saturated rings. The van der Waals surface area contributed by atoms with E-state index in [4.69, 9.17) is 21.4 Å². The van der Waals surface area contributed by atoms with Crippen LogP contribution in [-0.4, -0.2) is 62.5 Å². The zero-order valence-corrected chi connectivity index (χ0v) is 18.0. The summed E-state index contributed by atoms with van der Waals surface area (Å²) in [5.74, 6) is 0.0965. The summed E-state index contributed by atoms with van der Waals surface area (Å²) in [6, 6.07) is 0.289. The van der Waals surface area contributed by atoms with Gasteiger partial charge in [-0.25, -0.2) is 9.36 Å². The Balaban J connectivity index is 2.13. The third kappa shape index (κ3) is 4.58. The number of allylic oxidation sites excluding steroid dienone is 4. The molecule has 0 radical (unpaired) electrons. The van der Waals surface area contributed by atoms with E-state index >= 15 is 0 Å². The van der Waals surface area contributed by atoms with Gasteiger partial charge in [-0.15, -0.1) is 0 Å². The second kappa shape index (κ2) is 9.46. The highest BCUT2D eigenvalue weighted by Gasteiger charge is 2.22. The third-order valence-electron chi connectivity index (χ3n) is 4.84. The van der Waals surface area contributed by atoms with Crippen LogP contribution >= 0.6 is 11.6 Å². The van der Waals surface area contributed by atoms with Crippen molar-refractivity contribution in [3.05, 3.63) is 50.2 Å². The summed E-state index contributed by atoms with van der Waals surface area (Å²) in [4.78, 5) is 32.2. The maximum Gasteiger partial charge on any atom is 0.336 e. The van der Waals surface area contributed by atoms with Crippen molar-refractivity contribution in [3.63, 3.8) is 0 Å². The SMILES string of the molecule is CN(C)CCOc1nc2c(c(=O)n(/C=C/CO)c(=O)n2C)n1CC1C=CC(Cl)=CC1. The number of imidazole rings is 1. The van der Waals surface area contributed by atoms with Gasteiger partial charge in [0.2, 0.25) is 0 Å². The zero-order chi connectivity index (χ0) is 21.8. The Labute approximate surface area is 178 Å². The van der Waals surface area contributed by atoms with Gasteiger partial charge in [-0.1, -0.05) is 23.8 Å². The molecular weight excluding hydrogens is 410 g/mol. The molecule has 0 aromatic carbocycles. The van der Waals surface area contributed by atoms with Crippen LogP contribution in [0.1, 0.15) is 6.42 Å². The number of aliphatic hydroxyl groups excluding tert-OH is 1. The molecule has 1 aliphatic carbocycles. The second-order valence-electron chi connectivity index (χ2n) is 7.36. The van der Waals surface area contributed by atoms with Crippen LogP contribution in [0.4, 0.5) is 0 Å². The van der Waals surface area contributed by atoms with E-state index in [2.05, 4.69) is 4.98 Å². The van der Waals surface area contributed by atoms with Crippen molar-refractivity contribution in [2.75, 3.05) is 33.9 Å². The first-order chi connectivity index (χ1) is 14.3. The first kappa shape index (κ1) is 22.1. The van der Waals surface area contributed by atoms with Gasteiger partial charge in [-0.05, 0) is 38.6 Å². The average molecular weight is 436 g/mol. The normalized spacial score (nSPS) is 16.7. The van der Waals surface area contributed by atoms with Gasteiger partial charge in [0.1, 0.15) is 6.61 Å². The molecule has 1 N–H and O–H groups in total. The molecule has 0 bridgehead atoms. The van der Waals surface area contributed by atoms with Crippen LogP contribution in [0.25, 0.3) is 17.4 Å². The minimum absolute atomic E-state index is 0.0965. The Morgan fingerprint density at radius 1 is 1.40 bits per heavy atom. The fourth-order valence-corrected chi connectivity index (χ4v) is 3.37. The monoisotopic (exact) mass is 435 g/mol. The maximum absolute atomic E-state index is 13.2. The minimum Gasteiger partial charge on any atom is -0.463 e. The molecule has 162 valence electrons. The van der Waals surface area contributed by atoms with Gasteiger partial charge in [0.05, 0.1) is 6.61 Å². The van der Waals surface area contributed by atoms with Crippen molar-refractivity contribution in [2.24, 2.45) is 13.0 Å². The van der Waals surface area contributed by atoms with Crippen molar-refractivity contribution in [1.82, 2.24) is 23.6 Å². The van der Waals surface area contributed by atoms with E-state index in [1.54, 1.807) is 11.6 Å². The lowest BCUT2D eigenvalue weighted by molar-refractivity contribution is 0.235. The second-order valence-corrected chi connectivity index (χ2v) is 7.79. The van der Waals surface area contributed by atoms with Crippen LogP contribution < -0.4 is 16.0 Å². The fourth-order valence-electron chi connectivity index (χ4n) is 3.21. The summed E-state index contributed by atoms with van der Waals surface area (Å²) in [5, 5.41) is 9.74. The van der Waals surface area contributed by atoms with E-state index in [0.717, 1.165) is 11.0 Å². The molecule has 2 aromatic rings. The van der Waals surface area contributed by atoms with Crippen LogP contribution in [-0.2, 0) is 13.6 Å². The Morgan fingerprint density at radius 2 is 2.17 bits per heavy atom. The number of aliphatic hydroxyl groups is 1. The van der Waals surface area contributed by atoms with E-state index in [1.807, 2.05) is 37.2 Å². The predicted octanol–water partition coefficient (Wildman–Crippen LogP) is 0.999. The number of aryl methyl sites for hydroxylation is 1. The van der Waals surface area contributed by atoms with Gasteiger partial charge in [0.25, 0.3) is 11.6 Å². The van der Waals surface area contributed by atoms with Crippen LogP contribution in [0, 0.1) is 5.92 Å². The molecule has 30 heavy (non-hydrogen) atoms. The Morgan fingerprint density at radius 3 is 2.80 bits per heavy atom. The van der Waals surface area contributed by atoms with Gasteiger partial charge < -0.3 is 14.7 Å². The number of ether oxygens (including phenoxy) is 1. The molecule has 0 saturated carbocycles. The quantitative estimate of drug-likeness (QED) is 0.664. The van der Waals surface area contributed by atoms with Crippen molar-refractivity contribution in [1.29, 1.82) is 0 Å². The lowest BCUT2D eigenvalue weighted by Gasteiger charge is -2.17. The molecule has 2 heterocycles. The number of halogens is 1. The lowest BCUT2D eigenvalue weighted by Crippen LogP contribution is -2.37. The van der Waals surface area contributed by atoms with E-state index < -0.39 is 11.2 Å².